The van der Waals surface area contributed by atoms with Crippen LogP contribution < -0.4 is 17.3 Å². The Morgan fingerprint density at radius 1 is 1.13 bits per heavy atom. The van der Waals surface area contributed by atoms with E-state index in [1.165, 1.54) is 0 Å². The average molecular weight is 242 g/mol. The van der Waals surface area contributed by atoms with E-state index in [1.54, 1.807) is 0 Å². The number of quaternary nitrogens is 2. The fraction of sp³-hybridized carbons (Fsp3) is 0.889. The Morgan fingerprint density at radius 2 is 1.53 bits per heavy atom. The van der Waals surface area contributed by atoms with Crippen molar-refractivity contribution in [2.24, 2.45) is 0 Å². The Labute approximate surface area is 97.3 Å². The van der Waals surface area contributed by atoms with Gasteiger partial charge in [0.2, 0.25) is 0 Å². The molecule has 6 heteroatoms. The molecular weight excluding hydrogens is 220 g/mol. The lowest BCUT2D eigenvalue weighted by atomic mass is 10.4. The summed E-state index contributed by atoms with van der Waals surface area (Å²) in [6.07, 6.45) is 0. The monoisotopic (exact) mass is 241 g/mol. The van der Waals surface area contributed by atoms with E-state index in [-0.39, 0.29) is 31.5 Å². The molecule has 0 aliphatic heterocycles. The number of likely N-dealkylation sites (N-methyl/N-ethyl adjacent to an activating group) is 1. The molecule has 0 bridgehead atoms. The summed E-state index contributed by atoms with van der Waals surface area (Å²) in [7, 11) is 5.81. The van der Waals surface area contributed by atoms with Crippen molar-refractivity contribution in [2.75, 3.05) is 54.0 Å². The topological polar surface area (TPSA) is 62.0 Å². The largest absolute Gasteiger partial charge is 1.00 e. The van der Waals surface area contributed by atoms with E-state index < -0.39 is 0 Å². The predicted molar refractivity (Wildman–Crippen MR) is 52.8 cm³/mol. The summed E-state index contributed by atoms with van der Waals surface area (Å²) in [6, 6.07) is 0. The van der Waals surface area contributed by atoms with Crippen molar-refractivity contribution < 1.29 is 36.8 Å². The molecule has 0 aliphatic rings. The second-order valence-electron chi connectivity index (χ2n) is 4.42. The summed E-state index contributed by atoms with van der Waals surface area (Å²) in [6.45, 7) is 1.10. The number of carbonyl (C=O) groups excluding carboxylic acids is 1. The number of hydrogen-bond acceptors (Lipinski definition) is 3. The lowest BCUT2D eigenvalue weighted by molar-refractivity contribution is -0.887. The zero-order valence-corrected chi connectivity index (χ0v) is 10.4. The number of aliphatic hydroxyl groups is 2. The molecule has 0 saturated carbocycles. The number of hydrogen-bond donors (Lipinski definition) is 3. The van der Waals surface area contributed by atoms with Gasteiger partial charge in [0, 0.05) is 0 Å². The quantitative estimate of drug-likeness (QED) is 0.406. The molecule has 92 valence electrons. The molecule has 0 fully saturated rings. The molecular formula is C9H22ClN2O3+. The number of amides is 1. The summed E-state index contributed by atoms with van der Waals surface area (Å²) in [5, 5.41) is 17.5. The van der Waals surface area contributed by atoms with Gasteiger partial charge in [-0.25, -0.2) is 4.79 Å². The molecule has 0 aromatic rings. The van der Waals surface area contributed by atoms with Gasteiger partial charge in [-0.1, -0.05) is 0 Å². The van der Waals surface area contributed by atoms with Gasteiger partial charge in [0.05, 0.1) is 34.4 Å². The van der Waals surface area contributed by atoms with Crippen LogP contribution >= 0.6 is 0 Å². The van der Waals surface area contributed by atoms with E-state index in [4.69, 9.17) is 10.2 Å². The first-order valence-corrected chi connectivity index (χ1v) is 4.81. The maximum Gasteiger partial charge on any atom is 0.366 e. The fourth-order valence-corrected chi connectivity index (χ4v) is 1.22. The minimum Gasteiger partial charge on any atom is -1.00 e. The first kappa shape index (κ1) is 17.2. The molecule has 15 heavy (non-hydrogen) atoms. The van der Waals surface area contributed by atoms with Crippen LogP contribution in [0.25, 0.3) is 0 Å². The third-order valence-corrected chi connectivity index (χ3v) is 1.84. The Kier molecular flexibility index (Phi) is 9.19. The van der Waals surface area contributed by atoms with Crippen molar-refractivity contribution in [1.82, 2.24) is 0 Å². The van der Waals surface area contributed by atoms with Crippen LogP contribution in [0.3, 0.4) is 0 Å². The summed E-state index contributed by atoms with van der Waals surface area (Å²) < 4.78 is 0.569. The molecule has 0 atom stereocenters. The molecule has 0 radical (unpaired) electrons. The summed E-state index contributed by atoms with van der Waals surface area (Å²) in [4.78, 5) is 12.3. The molecule has 0 aromatic carbocycles. The van der Waals surface area contributed by atoms with Gasteiger partial charge < -0.3 is 27.1 Å². The van der Waals surface area contributed by atoms with E-state index in [1.807, 2.05) is 21.1 Å². The van der Waals surface area contributed by atoms with Gasteiger partial charge in [-0.05, 0) is 0 Å². The number of nitrogens with zero attached hydrogens (tertiary/aromatic N) is 1. The third-order valence-electron chi connectivity index (χ3n) is 1.84. The van der Waals surface area contributed by atoms with Crippen LogP contribution in [-0.4, -0.2) is 74.6 Å². The van der Waals surface area contributed by atoms with Crippen LogP contribution in [0.2, 0.25) is 0 Å². The second kappa shape index (κ2) is 8.01. The second-order valence-corrected chi connectivity index (χ2v) is 4.42. The van der Waals surface area contributed by atoms with Crippen LogP contribution in [0.5, 0.6) is 0 Å². The van der Waals surface area contributed by atoms with E-state index >= 15 is 0 Å². The molecule has 0 heterocycles. The van der Waals surface area contributed by atoms with Gasteiger partial charge in [-0.2, -0.15) is 0 Å². The van der Waals surface area contributed by atoms with Crippen molar-refractivity contribution in [1.29, 1.82) is 0 Å². The van der Waals surface area contributed by atoms with Gasteiger partial charge in [-0.15, -0.1) is 0 Å². The van der Waals surface area contributed by atoms with Crippen molar-refractivity contribution in [3.05, 3.63) is 0 Å². The Balaban J connectivity index is 0. The van der Waals surface area contributed by atoms with Gasteiger partial charge in [0.1, 0.15) is 13.1 Å². The molecule has 3 N–H and O–H groups in total. The molecule has 0 aromatic heterocycles. The van der Waals surface area contributed by atoms with Crippen molar-refractivity contribution in [3.63, 3.8) is 0 Å². The van der Waals surface area contributed by atoms with E-state index in [9.17, 15) is 4.79 Å². The van der Waals surface area contributed by atoms with E-state index in [0.29, 0.717) is 29.0 Å². The summed E-state index contributed by atoms with van der Waals surface area (Å²) in [5.74, 6) is 0.0422. The number of halogens is 1. The highest BCUT2D eigenvalue weighted by Gasteiger charge is 2.24. The zero-order chi connectivity index (χ0) is 11.2. The molecule has 5 nitrogen and oxygen atoms in total. The SMILES string of the molecule is C[N+](C)(C)CC(=O)[NH+](CCO)CCO.[Cl-]. The third kappa shape index (κ3) is 8.77. The Bertz CT molecular complexity index is 177. The van der Waals surface area contributed by atoms with Gasteiger partial charge in [0.15, 0.2) is 6.54 Å². The van der Waals surface area contributed by atoms with Crippen molar-refractivity contribution >= 4 is 5.91 Å². The normalized spacial score (nSPS) is 11.3. The van der Waals surface area contributed by atoms with Crippen LogP contribution in [0.15, 0.2) is 0 Å². The number of rotatable bonds is 6. The number of nitrogens with one attached hydrogen (secondary N) is 1. The highest BCUT2D eigenvalue weighted by atomic mass is 35.5. The zero-order valence-electron chi connectivity index (χ0n) is 9.66. The summed E-state index contributed by atoms with van der Waals surface area (Å²) >= 11 is 0. The highest BCUT2D eigenvalue weighted by molar-refractivity contribution is 5.67. The first-order chi connectivity index (χ1) is 6.40. The number of aliphatic hydroxyl groups excluding tert-OH is 2. The summed E-state index contributed by atoms with van der Waals surface area (Å²) in [5.41, 5.74) is 0. The average Bonchev–Trinajstić information content (AvgIpc) is 2.01. The molecule has 0 saturated heterocycles. The van der Waals surface area contributed by atoms with E-state index in [0.717, 1.165) is 0 Å². The maximum absolute atomic E-state index is 11.7. The van der Waals surface area contributed by atoms with Crippen LogP contribution in [0, 0.1) is 0 Å². The highest BCUT2D eigenvalue weighted by Crippen LogP contribution is 1.86. The van der Waals surface area contributed by atoms with Gasteiger partial charge in [0.25, 0.3) is 0 Å². The first-order valence-electron chi connectivity index (χ1n) is 4.81. The molecule has 0 rings (SSSR count). The molecule has 0 spiro atoms. The number of carbonyl (C=O) groups is 1. The van der Waals surface area contributed by atoms with Crippen LogP contribution in [-0.2, 0) is 4.79 Å². The van der Waals surface area contributed by atoms with Gasteiger partial charge >= 0.3 is 5.91 Å². The lowest BCUT2D eigenvalue weighted by Gasteiger charge is -2.24. The fourth-order valence-electron chi connectivity index (χ4n) is 1.22. The smallest absolute Gasteiger partial charge is 0.366 e. The molecule has 1 amide bonds. The molecule has 0 aliphatic carbocycles. The van der Waals surface area contributed by atoms with Crippen LogP contribution in [0.1, 0.15) is 0 Å². The Hall–Kier alpha value is -0.200. The van der Waals surface area contributed by atoms with Crippen LogP contribution in [0.4, 0.5) is 0 Å². The van der Waals surface area contributed by atoms with Gasteiger partial charge in [-0.3, -0.25) is 4.90 Å². The standard InChI is InChI=1S/C9H21N2O3.ClH/c1-11(2,3)8-9(14)10(4-6-12)5-7-13;/h12-13H,4-8H2,1-3H3;1H/q+1;. The predicted octanol–water partition coefficient (Wildman–Crippen LogP) is -5.91. The van der Waals surface area contributed by atoms with Crippen molar-refractivity contribution in [3.8, 4) is 0 Å². The van der Waals surface area contributed by atoms with E-state index in [2.05, 4.69) is 0 Å². The minimum absolute atomic E-state index is 0. The molecule has 0 unspecified atom stereocenters. The minimum atomic E-state index is -0.0295. The lowest BCUT2D eigenvalue weighted by Crippen LogP contribution is -3.16. The van der Waals surface area contributed by atoms with Crippen molar-refractivity contribution in [2.45, 2.75) is 0 Å². The Morgan fingerprint density at radius 3 is 1.80 bits per heavy atom. The maximum atomic E-state index is 11.7.